The zero-order valence-corrected chi connectivity index (χ0v) is 11.2. The third-order valence-electron chi connectivity index (χ3n) is 3.16. The van der Waals surface area contributed by atoms with Crippen LogP contribution in [0, 0.1) is 0 Å². The molecule has 1 amide bonds. The number of ether oxygens (including phenoxy) is 1. The molecule has 0 radical (unpaired) electrons. The minimum Gasteiger partial charge on any atom is -0.478 e. The highest BCUT2D eigenvalue weighted by Gasteiger charge is 2.15. The smallest absolute Gasteiger partial charge is 0.335 e. The van der Waals surface area contributed by atoms with Gasteiger partial charge < -0.3 is 20.1 Å². The van der Waals surface area contributed by atoms with Crippen molar-refractivity contribution >= 4 is 17.6 Å². The second-order valence-electron chi connectivity index (χ2n) is 4.55. The molecule has 1 saturated heterocycles. The normalized spacial score (nSPS) is 14.9. The van der Waals surface area contributed by atoms with Crippen LogP contribution in [0.4, 0.5) is 5.69 Å². The number of nitrogens with zero attached hydrogens (tertiary/aromatic N) is 1. The van der Waals surface area contributed by atoms with Crippen LogP contribution in [0.1, 0.15) is 16.8 Å². The summed E-state index contributed by atoms with van der Waals surface area (Å²) in [5.41, 5.74) is 1.06. The van der Waals surface area contributed by atoms with E-state index in [1.165, 1.54) is 12.1 Å². The third kappa shape index (κ3) is 3.96. The number of anilines is 1. The Bertz CT molecular complexity index is 467. The number of morpholine rings is 1. The zero-order valence-electron chi connectivity index (χ0n) is 11.2. The number of nitrogens with one attached hydrogen (secondary N) is 1. The van der Waals surface area contributed by atoms with E-state index in [0.29, 0.717) is 39.3 Å². The monoisotopic (exact) mass is 278 g/mol. The van der Waals surface area contributed by atoms with E-state index in [4.69, 9.17) is 9.84 Å². The second-order valence-corrected chi connectivity index (χ2v) is 4.55. The summed E-state index contributed by atoms with van der Waals surface area (Å²) in [5, 5.41) is 11.9. The number of hydrogen-bond donors (Lipinski definition) is 2. The Morgan fingerprint density at radius 3 is 2.45 bits per heavy atom. The lowest BCUT2D eigenvalue weighted by molar-refractivity contribution is -0.134. The molecular weight excluding hydrogens is 260 g/mol. The minimum atomic E-state index is -0.945. The third-order valence-corrected chi connectivity index (χ3v) is 3.16. The van der Waals surface area contributed by atoms with Gasteiger partial charge in [0, 0.05) is 31.7 Å². The molecule has 0 spiro atoms. The van der Waals surface area contributed by atoms with Gasteiger partial charge in [0.05, 0.1) is 18.8 Å². The number of hydrogen-bond acceptors (Lipinski definition) is 4. The quantitative estimate of drug-likeness (QED) is 0.841. The van der Waals surface area contributed by atoms with Crippen molar-refractivity contribution in [1.29, 1.82) is 0 Å². The lowest BCUT2D eigenvalue weighted by Gasteiger charge is -2.26. The number of carbonyl (C=O) groups is 2. The Morgan fingerprint density at radius 1 is 1.20 bits per heavy atom. The molecule has 1 aliphatic heterocycles. The van der Waals surface area contributed by atoms with E-state index in [2.05, 4.69) is 5.32 Å². The predicted octanol–water partition coefficient (Wildman–Crippen LogP) is 1.05. The Balaban J connectivity index is 1.74. The van der Waals surface area contributed by atoms with Crippen LogP contribution in [0.5, 0.6) is 0 Å². The summed E-state index contributed by atoms with van der Waals surface area (Å²) in [6, 6.07) is 6.47. The maximum atomic E-state index is 11.9. The molecule has 0 atom stereocenters. The number of amides is 1. The Morgan fingerprint density at radius 2 is 1.85 bits per heavy atom. The molecule has 6 nitrogen and oxygen atoms in total. The van der Waals surface area contributed by atoms with Crippen LogP contribution in [0.25, 0.3) is 0 Å². The molecular formula is C14H18N2O4. The SMILES string of the molecule is O=C(O)c1ccc(NCCC(=O)N2CCOCC2)cc1. The van der Waals surface area contributed by atoms with Gasteiger partial charge in [-0.15, -0.1) is 0 Å². The van der Waals surface area contributed by atoms with Crippen molar-refractivity contribution in [2.75, 3.05) is 38.2 Å². The molecule has 2 rings (SSSR count). The molecule has 1 aromatic rings. The van der Waals surface area contributed by atoms with Gasteiger partial charge in [0.15, 0.2) is 0 Å². The molecule has 0 aromatic heterocycles. The van der Waals surface area contributed by atoms with E-state index in [1.54, 1.807) is 17.0 Å². The molecule has 0 unspecified atom stereocenters. The fourth-order valence-corrected chi connectivity index (χ4v) is 2.02. The largest absolute Gasteiger partial charge is 0.478 e. The molecule has 1 aliphatic rings. The number of aromatic carboxylic acids is 1. The van der Waals surface area contributed by atoms with Gasteiger partial charge in [-0.25, -0.2) is 4.79 Å². The van der Waals surface area contributed by atoms with E-state index < -0.39 is 5.97 Å². The Kier molecular flexibility index (Phi) is 4.95. The summed E-state index contributed by atoms with van der Waals surface area (Å²) < 4.78 is 5.20. The van der Waals surface area contributed by atoms with Gasteiger partial charge in [0.2, 0.25) is 5.91 Å². The maximum Gasteiger partial charge on any atom is 0.335 e. The lowest BCUT2D eigenvalue weighted by atomic mass is 10.2. The van der Waals surface area contributed by atoms with Crippen molar-refractivity contribution in [3.05, 3.63) is 29.8 Å². The molecule has 2 N–H and O–H groups in total. The number of benzene rings is 1. The van der Waals surface area contributed by atoms with E-state index in [0.717, 1.165) is 5.69 Å². The van der Waals surface area contributed by atoms with Crippen LogP contribution in [0.15, 0.2) is 24.3 Å². The molecule has 1 fully saturated rings. The lowest BCUT2D eigenvalue weighted by Crippen LogP contribution is -2.41. The second kappa shape index (κ2) is 6.91. The van der Waals surface area contributed by atoms with Crippen LogP contribution in [0.3, 0.4) is 0 Å². The van der Waals surface area contributed by atoms with Gasteiger partial charge in [-0.3, -0.25) is 4.79 Å². The fourth-order valence-electron chi connectivity index (χ4n) is 2.02. The summed E-state index contributed by atoms with van der Waals surface area (Å²) >= 11 is 0. The summed E-state index contributed by atoms with van der Waals surface area (Å²) in [7, 11) is 0. The van der Waals surface area contributed by atoms with E-state index >= 15 is 0 Å². The average Bonchev–Trinajstić information content (AvgIpc) is 2.48. The summed E-state index contributed by atoms with van der Waals surface area (Å²) in [6.45, 7) is 3.06. The van der Waals surface area contributed by atoms with Crippen molar-refractivity contribution in [1.82, 2.24) is 4.90 Å². The molecule has 108 valence electrons. The highest BCUT2D eigenvalue weighted by molar-refractivity contribution is 5.88. The Labute approximate surface area is 117 Å². The van der Waals surface area contributed by atoms with Crippen LogP contribution in [-0.4, -0.2) is 54.7 Å². The van der Waals surface area contributed by atoms with Crippen LogP contribution in [-0.2, 0) is 9.53 Å². The number of rotatable bonds is 5. The summed E-state index contributed by atoms with van der Waals surface area (Å²) in [6.07, 6.45) is 0.417. The Hall–Kier alpha value is -2.08. The zero-order chi connectivity index (χ0) is 14.4. The highest BCUT2D eigenvalue weighted by atomic mass is 16.5. The summed E-state index contributed by atoms with van der Waals surface area (Å²) in [5.74, 6) is -0.831. The standard InChI is InChI=1S/C14H18N2O4/c17-13(16-7-9-20-10-8-16)5-6-15-12-3-1-11(2-4-12)14(18)19/h1-4,15H,5-10H2,(H,18,19). The van der Waals surface area contributed by atoms with Crippen LogP contribution in [0.2, 0.25) is 0 Å². The van der Waals surface area contributed by atoms with Gasteiger partial charge in [0.1, 0.15) is 0 Å². The van der Waals surface area contributed by atoms with Gasteiger partial charge >= 0.3 is 5.97 Å². The summed E-state index contributed by atoms with van der Waals surface area (Å²) in [4.78, 5) is 24.4. The van der Waals surface area contributed by atoms with Crippen molar-refractivity contribution in [3.8, 4) is 0 Å². The molecule has 0 bridgehead atoms. The molecule has 1 aromatic carbocycles. The topological polar surface area (TPSA) is 78.9 Å². The molecule has 0 aliphatic carbocycles. The fraction of sp³-hybridized carbons (Fsp3) is 0.429. The van der Waals surface area contributed by atoms with E-state index in [-0.39, 0.29) is 11.5 Å². The average molecular weight is 278 g/mol. The first-order valence-corrected chi connectivity index (χ1v) is 6.59. The van der Waals surface area contributed by atoms with Crippen molar-refractivity contribution in [3.63, 3.8) is 0 Å². The van der Waals surface area contributed by atoms with Crippen LogP contribution < -0.4 is 5.32 Å². The maximum absolute atomic E-state index is 11.9. The molecule has 6 heteroatoms. The first-order chi connectivity index (χ1) is 9.66. The molecule has 1 heterocycles. The number of carbonyl (C=O) groups excluding carboxylic acids is 1. The number of carboxylic acid groups (broad SMARTS) is 1. The highest BCUT2D eigenvalue weighted by Crippen LogP contribution is 2.10. The van der Waals surface area contributed by atoms with Crippen molar-refractivity contribution in [2.45, 2.75) is 6.42 Å². The van der Waals surface area contributed by atoms with Crippen LogP contribution >= 0.6 is 0 Å². The number of carboxylic acids is 1. The molecule has 20 heavy (non-hydrogen) atoms. The van der Waals surface area contributed by atoms with Crippen molar-refractivity contribution in [2.24, 2.45) is 0 Å². The minimum absolute atomic E-state index is 0.114. The van der Waals surface area contributed by atoms with Gasteiger partial charge in [-0.05, 0) is 24.3 Å². The van der Waals surface area contributed by atoms with E-state index in [9.17, 15) is 9.59 Å². The van der Waals surface area contributed by atoms with E-state index in [1.807, 2.05) is 0 Å². The van der Waals surface area contributed by atoms with Gasteiger partial charge in [-0.2, -0.15) is 0 Å². The predicted molar refractivity (Wildman–Crippen MR) is 73.9 cm³/mol. The van der Waals surface area contributed by atoms with Gasteiger partial charge in [-0.1, -0.05) is 0 Å². The first kappa shape index (κ1) is 14.3. The first-order valence-electron chi connectivity index (χ1n) is 6.59. The molecule has 0 saturated carbocycles. The van der Waals surface area contributed by atoms with Crippen molar-refractivity contribution < 1.29 is 19.4 Å². The van der Waals surface area contributed by atoms with Gasteiger partial charge in [0.25, 0.3) is 0 Å².